The first-order valence-corrected chi connectivity index (χ1v) is 10.6. The van der Waals surface area contributed by atoms with Crippen molar-refractivity contribution in [2.24, 2.45) is 5.84 Å². The molecule has 8 nitrogen and oxygen atoms in total. The monoisotopic (exact) mass is 400 g/mol. The summed E-state index contributed by atoms with van der Waals surface area (Å²) in [6.45, 7) is 1.07. The van der Waals surface area contributed by atoms with Crippen LogP contribution in [0, 0.1) is 0 Å². The molecule has 0 aliphatic heterocycles. The summed E-state index contributed by atoms with van der Waals surface area (Å²) in [6.07, 6.45) is 1.20. The van der Waals surface area contributed by atoms with Crippen molar-refractivity contribution in [2.45, 2.75) is 22.6 Å². The Labute approximate surface area is 152 Å². The van der Waals surface area contributed by atoms with Gasteiger partial charge in [-0.1, -0.05) is 24.3 Å². The summed E-state index contributed by atoms with van der Waals surface area (Å²) >= 11 is 0. The normalized spacial score (nSPS) is 12.5. The minimum absolute atomic E-state index is 0.154. The minimum atomic E-state index is -4.19. The molecule has 0 bridgehead atoms. The van der Waals surface area contributed by atoms with E-state index in [-0.39, 0.29) is 9.79 Å². The molecule has 2 aromatic rings. The molecule has 0 saturated heterocycles. The van der Waals surface area contributed by atoms with E-state index in [0.29, 0.717) is 25.9 Å². The van der Waals surface area contributed by atoms with Gasteiger partial charge in [-0.3, -0.25) is 14.9 Å². The van der Waals surface area contributed by atoms with Gasteiger partial charge in [-0.15, -0.1) is 0 Å². The third kappa shape index (κ3) is 6.16. The van der Waals surface area contributed by atoms with Crippen molar-refractivity contribution >= 4 is 20.2 Å². The predicted molar refractivity (Wildman–Crippen MR) is 95.7 cm³/mol. The van der Waals surface area contributed by atoms with Gasteiger partial charge in [0.15, 0.2) is 0 Å². The van der Waals surface area contributed by atoms with Crippen LogP contribution in [0.15, 0.2) is 58.3 Å². The van der Waals surface area contributed by atoms with Crippen LogP contribution in [0.5, 0.6) is 0 Å². The fourth-order valence-corrected chi connectivity index (χ4v) is 3.27. The Kier molecular flexibility index (Phi) is 6.50. The van der Waals surface area contributed by atoms with E-state index < -0.39 is 20.2 Å². The second kappa shape index (κ2) is 8.25. The van der Waals surface area contributed by atoms with Crippen molar-refractivity contribution in [3.63, 3.8) is 0 Å². The summed E-state index contributed by atoms with van der Waals surface area (Å²) in [6, 6.07) is 11.8. The largest absolute Gasteiger partial charge is 0.294 e. The average Bonchev–Trinajstić information content (AvgIpc) is 2.57. The highest BCUT2D eigenvalue weighted by atomic mass is 32.2. The topological polar surface area (TPSA) is 138 Å². The fraction of sp³-hybridized carbons (Fsp3) is 0.250. The summed E-state index contributed by atoms with van der Waals surface area (Å²) in [5, 5.41) is 1.60. The van der Waals surface area contributed by atoms with Gasteiger partial charge < -0.3 is 0 Å². The van der Waals surface area contributed by atoms with Crippen LogP contribution in [0.2, 0.25) is 0 Å². The van der Waals surface area contributed by atoms with Gasteiger partial charge in [0, 0.05) is 13.1 Å². The number of hydrazine groups is 1. The number of hydrogen-bond donors (Lipinski definition) is 3. The summed E-state index contributed by atoms with van der Waals surface area (Å²) in [5.74, 6) is 5.93. The lowest BCUT2D eigenvalue weighted by Gasteiger charge is -2.16. The molecule has 2 rings (SSSR count). The summed E-state index contributed by atoms with van der Waals surface area (Å²) in [4.78, 5) is -0.307. The SMILES string of the molecule is NN(CCc1ccc(S(=O)(=O)O)cc1)CCc1ccc(S(=O)(=O)O)cc1. The molecule has 2 aromatic carbocycles. The molecule has 0 spiro atoms. The molecule has 4 N–H and O–H groups in total. The van der Waals surface area contributed by atoms with Crippen LogP contribution in [0.3, 0.4) is 0 Å². The maximum atomic E-state index is 11.0. The van der Waals surface area contributed by atoms with Crippen molar-refractivity contribution in [1.29, 1.82) is 0 Å². The molecule has 0 heterocycles. The van der Waals surface area contributed by atoms with Crippen molar-refractivity contribution in [1.82, 2.24) is 5.01 Å². The summed E-state index contributed by atoms with van der Waals surface area (Å²) in [7, 11) is -8.38. The third-order valence-electron chi connectivity index (χ3n) is 3.82. The lowest BCUT2D eigenvalue weighted by atomic mass is 10.1. The Hall–Kier alpha value is -1.82. The second-order valence-corrected chi connectivity index (χ2v) is 8.62. The Bertz CT molecular complexity index is 860. The molecule has 0 fully saturated rings. The van der Waals surface area contributed by atoms with Crippen LogP contribution in [0.4, 0.5) is 0 Å². The van der Waals surface area contributed by atoms with Gasteiger partial charge in [0.2, 0.25) is 0 Å². The molecule has 0 radical (unpaired) electrons. The predicted octanol–water partition coefficient (Wildman–Crippen LogP) is 1.14. The smallest absolute Gasteiger partial charge is 0.282 e. The first-order chi connectivity index (χ1) is 12.1. The molecule has 0 aliphatic rings. The van der Waals surface area contributed by atoms with Crippen LogP contribution in [-0.4, -0.2) is 44.0 Å². The Morgan fingerprint density at radius 1 is 0.692 bits per heavy atom. The van der Waals surface area contributed by atoms with E-state index in [2.05, 4.69) is 0 Å². The van der Waals surface area contributed by atoms with Crippen LogP contribution < -0.4 is 5.84 Å². The standard InChI is InChI=1S/C16H20N2O6S2/c17-18(11-9-13-1-5-15(6-2-13)25(19,20)21)12-10-14-3-7-16(8-4-14)26(22,23)24/h1-8H,9-12,17H2,(H,19,20,21)(H,22,23,24). The van der Waals surface area contributed by atoms with Crippen molar-refractivity contribution in [3.8, 4) is 0 Å². The zero-order chi connectivity index (χ0) is 19.4. The molecule has 0 aromatic heterocycles. The van der Waals surface area contributed by atoms with Crippen molar-refractivity contribution in [2.75, 3.05) is 13.1 Å². The molecule has 142 valence electrons. The minimum Gasteiger partial charge on any atom is -0.282 e. The van der Waals surface area contributed by atoms with Crippen LogP contribution in [-0.2, 0) is 33.1 Å². The maximum absolute atomic E-state index is 11.0. The van der Waals surface area contributed by atoms with Gasteiger partial charge in [0.05, 0.1) is 9.79 Å². The van der Waals surface area contributed by atoms with Crippen LogP contribution in [0.25, 0.3) is 0 Å². The zero-order valence-electron chi connectivity index (χ0n) is 13.8. The van der Waals surface area contributed by atoms with E-state index in [9.17, 15) is 16.8 Å². The first kappa shape index (κ1) is 20.5. The molecule has 0 unspecified atom stereocenters. The first-order valence-electron chi connectivity index (χ1n) is 7.68. The Balaban J connectivity index is 1.83. The van der Waals surface area contributed by atoms with E-state index in [1.807, 2.05) is 0 Å². The van der Waals surface area contributed by atoms with Gasteiger partial charge in [-0.05, 0) is 48.2 Å². The van der Waals surface area contributed by atoms with Crippen molar-refractivity contribution in [3.05, 3.63) is 59.7 Å². The highest BCUT2D eigenvalue weighted by Gasteiger charge is 2.10. The molecule has 0 atom stereocenters. The summed E-state index contributed by atoms with van der Waals surface area (Å²) in [5.41, 5.74) is 1.76. The molecule has 10 heteroatoms. The van der Waals surface area contributed by atoms with Crippen LogP contribution >= 0.6 is 0 Å². The quantitative estimate of drug-likeness (QED) is 0.341. The van der Waals surface area contributed by atoms with E-state index in [1.165, 1.54) is 24.3 Å². The highest BCUT2D eigenvalue weighted by molar-refractivity contribution is 7.86. The molecular weight excluding hydrogens is 380 g/mol. The van der Waals surface area contributed by atoms with Gasteiger partial charge in [-0.2, -0.15) is 16.8 Å². The number of rotatable bonds is 8. The number of nitrogens with two attached hydrogens (primary N) is 1. The molecule has 0 saturated carbocycles. The fourth-order valence-electron chi connectivity index (χ4n) is 2.31. The third-order valence-corrected chi connectivity index (χ3v) is 5.55. The van der Waals surface area contributed by atoms with Gasteiger partial charge in [0.1, 0.15) is 0 Å². The van der Waals surface area contributed by atoms with E-state index >= 15 is 0 Å². The van der Waals surface area contributed by atoms with Gasteiger partial charge >= 0.3 is 0 Å². The van der Waals surface area contributed by atoms with Gasteiger partial charge in [0.25, 0.3) is 20.2 Å². The van der Waals surface area contributed by atoms with E-state index in [0.717, 1.165) is 11.1 Å². The Morgan fingerprint density at radius 3 is 1.27 bits per heavy atom. The maximum Gasteiger partial charge on any atom is 0.294 e. The lowest BCUT2D eigenvalue weighted by Crippen LogP contribution is -2.34. The molecular formula is C16H20N2O6S2. The number of nitrogens with zero attached hydrogens (tertiary/aromatic N) is 1. The highest BCUT2D eigenvalue weighted by Crippen LogP contribution is 2.12. The Morgan fingerprint density at radius 2 is 1.00 bits per heavy atom. The average molecular weight is 400 g/mol. The van der Waals surface area contributed by atoms with Crippen molar-refractivity contribution < 1.29 is 25.9 Å². The summed E-state index contributed by atoms with van der Waals surface area (Å²) < 4.78 is 61.8. The van der Waals surface area contributed by atoms with E-state index in [1.54, 1.807) is 29.3 Å². The van der Waals surface area contributed by atoms with E-state index in [4.69, 9.17) is 14.9 Å². The lowest BCUT2D eigenvalue weighted by molar-refractivity contribution is 0.290. The number of benzene rings is 2. The number of hydrogen-bond acceptors (Lipinski definition) is 6. The zero-order valence-corrected chi connectivity index (χ0v) is 15.4. The van der Waals surface area contributed by atoms with Gasteiger partial charge in [-0.25, -0.2) is 5.01 Å². The second-order valence-electron chi connectivity index (χ2n) is 5.77. The molecule has 0 amide bonds. The molecule has 26 heavy (non-hydrogen) atoms. The van der Waals surface area contributed by atoms with Crippen LogP contribution in [0.1, 0.15) is 11.1 Å². The molecule has 0 aliphatic carbocycles.